The van der Waals surface area contributed by atoms with Crippen molar-refractivity contribution in [3.8, 4) is 0 Å². The van der Waals surface area contributed by atoms with Crippen molar-refractivity contribution < 1.29 is 43.7 Å². The summed E-state index contributed by atoms with van der Waals surface area (Å²) in [6.45, 7) is 7.71. The topological polar surface area (TPSA) is 238 Å². The maximum atomic E-state index is 12.5. The Labute approximate surface area is 211 Å². The predicted molar refractivity (Wildman–Crippen MR) is 135 cm³/mol. The molecule has 2 aromatic rings. The number of fused-ring (bicyclic) bond motifs is 3. The second-order valence-electron chi connectivity index (χ2n) is 9.30. The van der Waals surface area contributed by atoms with Gasteiger partial charge < -0.3 is 10.6 Å². The molecule has 1 aliphatic heterocycles. The van der Waals surface area contributed by atoms with Gasteiger partial charge in [-0.1, -0.05) is 26.8 Å². The summed E-state index contributed by atoms with van der Waals surface area (Å²) in [5.74, 6) is 0.0396. The Morgan fingerprint density at radius 1 is 1.00 bits per heavy atom. The van der Waals surface area contributed by atoms with Crippen LogP contribution >= 0.6 is 0 Å². The molecule has 2 heterocycles. The van der Waals surface area contributed by atoms with Crippen LogP contribution in [0.2, 0.25) is 0 Å². The number of nitrogens with one attached hydrogen (secondary N) is 1. The summed E-state index contributed by atoms with van der Waals surface area (Å²) in [5.41, 5.74) is 9.49. The molecule has 36 heavy (non-hydrogen) atoms. The maximum absolute atomic E-state index is 12.5. The zero-order chi connectivity index (χ0) is 28.7. The van der Waals surface area contributed by atoms with Gasteiger partial charge in [0.15, 0.2) is 0 Å². The Bertz CT molecular complexity index is 1250. The summed E-state index contributed by atoms with van der Waals surface area (Å²) >= 11 is 0. The molecule has 17 heteroatoms. The SMILES string of the molecule is CC(C)(C)CN1Cc2c(ccc3[nH]ncc23)C[C@@H](N)C1=O.CS(=O)(=O)O.CS(=O)(=O)O.CS(=O)(=O)O. The van der Waals surface area contributed by atoms with Crippen LogP contribution in [0.1, 0.15) is 31.9 Å². The molecule has 6 N–H and O–H groups in total. The van der Waals surface area contributed by atoms with E-state index >= 15 is 0 Å². The zero-order valence-corrected chi connectivity index (χ0v) is 23.3. The molecule has 0 radical (unpaired) electrons. The molecular weight excluding hydrogens is 540 g/mol. The average molecular weight is 575 g/mol. The lowest BCUT2D eigenvalue weighted by Crippen LogP contribution is -2.45. The van der Waals surface area contributed by atoms with Gasteiger partial charge in [-0.15, -0.1) is 0 Å². The molecule has 1 amide bonds. The van der Waals surface area contributed by atoms with Crippen LogP contribution in [-0.4, -0.2) is 91.3 Å². The fourth-order valence-corrected chi connectivity index (χ4v) is 3.03. The van der Waals surface area contributed by atoms with Gasteiger partial charge >= 0.3 is 0 Å². The first kappa shape index (κ1) is 33.8. The highest BCUT2D eigenvalue weighted by molar-refractivity contribution is 7.85. The zero-order valence-electron chi connectivity index (χ0n) is 20.8. The molecule has 3 rings (SSSR count). The van der Waals surface area contributed by atoms with Crippen LogP contribution in [0.15, 0.2) is 18.3 Å². The van der Waals surface area contributed by atoms with E-state index in [1.54, 1.807) is 0 Å². The van der Waals surface area contributed by atoms with Crippen LogP contribution in [0, 0.1) is 5.41 Å². The van der Waals surface area contributed by atoms with Crippen molar-refractivity contribution in [2.24, 2.45) is 11.1 Å². The van der Waals surface area contributed by atoms with E-state index in [2.05, 4.69) is 37.0 Å². The highest BCUT2D eigenvalue weighted by Crippen LogP contribution is 2.28. The molecule has 0 spiro atoms. The molecular formula is C19H34N4O10S3. The summed E-state index contributed by atoms with van der Waals surface area (Å²) in [5, 5.41) is 8.20. The van der Waals surface area contributed by atoms with Gasteiger partial charge in [-0.3, -0.25) is 23.6 Å². The molecule has 1 aliphatic rings. The number of nitrogens with zero attached hydrogens (tertiary/aromatic N) is 2. The second kappa shape index (κ2) is 12.9. The molecule has 1 atom stereocenters. The summed E-state index contributed by atoms with van der Waals surface area (Å²) < 4.78 is 77.6. The molecule has 1 aromatic carbocycles. The molecule has 0 saturated carbocycles. The van der Waals surface area contributed by atoms with Crippen molar-refractivity contribution >= 4 is 47.2 Å². The van der Waals surface area contributed by atoms with Crippen molar-refractivity contribution in [3.63, 3.8) is 0 Å². The van der Waals surface area contributed by atoms with E-state index in [-0.39, 0.29) is 11.3 Å². The number of H-pyrrole nitrogens is 1. The first-order valence-corrected chi connectivity index (χ1v) is 15.6. The van der Waals surface area contributed by atoms with Crippen LogP contribution in [-0.2, 0) is 48.1 Å². The second-order valence-corrected chi connectivity index (χ2v) is 13.7. The average Bonchev–Trinajstić information content (AvgIpc) is 3.01. The lowest BCUT2D eigenvalue weighted by Gasteiger charge is -2.30. The van der Waals surface area contributed by atoms with E-state index in [0.29, 0.717) is 38.3 Å². The van der Waals surface area contributed by atoms with Gasteiger partial charge in [0.2, 0.25) is 5.91 Å². The summed E-state index contributed by atoms with van der Waals surface area (Å²) in [6.07, 6.45) is 4.58. The Hall–Kier alpha value is -2.15. The smallest absolute Gasteiger partial charge is 0.261 e. The van der Waals surface area contributed by atoms with Crippen molar-refractivity contribution in [1.29, 1.82) is 0 Å². The van der Waals surface area contributed by atoms with Crippen LogP contribution in [0.5, 0.6) is 0 Å². The van der Waals surface area contributed by atoms with Gasteiger partial charge in [0.25, 0.3) is 30.4 Å². The Balaban J connectivity index is 0.000000672. The highest BCUT2D eigenvalue weighted by atomic mass is 32.2. The molecule has 1 aromatic heterocycles. The van der Waals surface area contributed by atoms with Gasteiger partial charge in [-0.2, -0.15) is 30.4 Å². The number of aromatic nitrogens is 2. The van der Waals surface area contributed by atoms with E-state index in [1.165, 1.54) is 5.56 Å². The van der Waals surface area contributed by atoms with Crippen molar-refractivity contribution in [2.75, 3.05) is 25.3 Å². The number of nitrogens with two attached hydrogens (primary N) is 1. The lowest BCUT2D eigenvalue weighted by molar-refractivity contribution is -0.134. The van der Waals surface area contributed by atoms with Crippen LogP contribution in [0.4, 0.5) is 0 Å². The number of carbonyl (C=O) groups is 1. The standard InChI is InChI=1S/C16H22N4O.3CH4O3S/c1-16(2,3)9-20-8-12-10(6-13(17)15(20)21)4-5-14-11(12)7-18-19-14;3*1-5(2,3)4/h4-5,7,13H,6,8-9,17H2,1-3H3,(H,18,19);3*1H3,(H,2,3,4)/t13-;;;/m1.../s1. The van der Waals surface area contributed by atoms with Gasteiger partial charge in [0.05, 0.1) is 36.5 Å². The number of hydrogen-bond donors (Lipinski definition) is 5. The number of carbonyl (C=O) groups excluding carboxylic acids is 1. The minimum atomic E-state index is -3.67. The van der Waals surface area contributed by atoms with E-state index in [0.717, 1.165) is 16.5 Å². The van der Waals surface area contributed by atoms with E-state index in [4.69, 9.17) is 19.4 Å². The van der Waals surface area contributed by atoms with Crippen molar-refractivity contribution in [1.82, 2.24) is 15.1 Å². The largest absolute Gasteiger partial charge is 0.336 e. The highest BCUT2D eigenvalue weighted by Gasteiger charge is 2.30. The van der Waals surface area contributed by atoms with Crippen LogP contribution in [0.3, 0.4) is 0 Å². The van der Waals surface area contributed by atoms with Gasteiger partial charge in [0.1, 0.15) is 0 Å². The molecule has 14 nitrogen and oxygen atoms in total. The number of amides is 1. The third kappa shape index (κ3) is 17.3. The third-order valence-corrected chi connectivity index (χ3v) is 3.92. The molecule has 0 saturated heterocycles. The maximum Gasteiger partial charge on any atom is 0.261 e. The van der Waals surface area contributed by atoms with E-state index in [9.17, 15) is 30.0 Å². The third-order valence-electron chi connectivity index (χ3n) is 3.92. The number of hydrogen-bond acceptors (Lipinski definition) is 9. The normalized spacial score (nSPS) is 16.3. The van der Waals surface area contributed by atoms with Crippen LogP contribution in [0.25, 0.3) is 10.9 Å². The molecule has 0 bridgehead atoms. The fraction of sp³-hybridized carbons (Fsp3) is 0.579. The summed E-state index contributed by atoms with van der Waals surface area (Å²) in [6, 6.07) is 3.61. The molecule has 0 aliphatic carbocycles. The monoisotopic (exact) mass is 574 g/mol. The van der Waals surface area contributed by atoms with Gasteiger partial charge in [-0.05, 0) is 29.0 Å². The van der Waals surface area contributed by atoms with Gasteiger partial charge in [0, 0.05) is 18.5 Å². The van der Waals surface area contributed by atoms with E-state index < -0.39 is 36.4 Å². The van der Waals surface area contributed by atoms with Crippen molar-refractivity contribution in [2.45, 2.75) is 39.8 Å². The van der Waals surface area contributed by atoms with Crippen molar-refractivity contribution in [3.05, 3.63) is 29.5 Å². The molecule has 0 fully saturated rings. The number of aromatic amines is 1. The van der Waals surface area contributed by atoms with Crippen LogP contribution < -0.4 is 5.73 Å². The van der Waals surface area contributed by atoms with E-state index in [1.807, 2.05) is 17.2 Å². The molecule has 0 unspecified atom stereocenters. The quantitative estimate of drug-likeness (QED) is 0.290. The first-order chi connectivity index (χ1) is 15.8. The number of rotatable bonds is 1. The van der Waals surface area contributed by atoms with Gasteiger partial charge in [-0.25, -0.2) is 0 Å². The first-order valence-electron chi connectivity index (χ1n) is 10.1. The summed E-state index contributed by atoms with van der Waals surface area (Å²) in [7, 11) is -11.0. The number of benzene rings is 1. The Kier molecular flexibility index (Phi) is 12.1. The minimum Gasteiger partial charge on any atom is -0.336 e. The molecule has 208 valence electrons. The Morgan fingerprint density at radius 2 is 1.44 bits per heavy atom. The minimum absolute atomic E-state index is 0.0396. The lowest BCUT2D eigenvalue weighted by atomic mass is 9.95. The predicted octanol–water partition coefficient (Wildman–Crippen LogP) is 0.333. The summed E-state index contributed by atoms with van der Waals surface area (Å²) in [4.78, 5) is 14.4. The Morgan fingerprint density at radius 3 is 1.86 bits per heavy atom. The fourth-order valence-electron chi connectivity index (χ4n) is 3.03.